The van der Waals surface area contributed by atoms with E-state index < -0.39 is 16.7 Å². The van der Waals surface area contributed by atoms with Crippen molar-refractivity contribution in [1.82, 2.24) is 5.32 Å². The third kappa shape index (κ3) is 5.30. The molecule has 0 aliphatic carbocycles. The van der Waals surface area contributed by atoms with Crippen LogP contribution in [0, 0.1) is 10.1 Å². The Morgan fingerprint density at radius 1 is 1.00 bits per heavy atom. The highest BCUT2D eigenvalue weighted by Gasteiger charge is 2.14. The van der Waals surface area contributed by atoms with E-state index in [0.29, 0.717) is 18.7 Å². The van der Waals surface area contributed by atoms with Crippen molar-refractivity contribution in [1.29, 1.82) is 0 Å². The van der Waals surface area contributed by atoms with Gasteiger partial charge >= 0.3 is 11.8 Å². The summed E-state index contributed by atoms with van der Waals surface area (Å²) in [5.41, 5.74) is 2.36. The third-order valence-corrected chi connectivity index (χ3v) is 3.69. The first-order chi connectivity index (χ1) is 12.4. The quantitative estimate of drug-likeness (QED) is 0.468. The van der Waals surface area contributed by atoms with Crippen molar-refractivity contribution < 1.29 is 14.5 Å². The summed E-state index contributed by atoms with van der Waals surface area (Å²) in [5, 5.41) is 15.5. The van der Waals surface area contributed by atoms with Crippen LogP contribution in [0.4, 0.5) is 17.1 Å². The zero-order valence-corrected chi connectivity index (χ0v) is 14.6. The fourth-order valence-electron chi connectivity index (χ4n) is 2.22. The molecule has 2 aromatic rings. The Morgan fingerprint density at radius 2 is 1.62 bits per heavy atom. The summed E-state index contributed by atoms with van der Waals surface area (Å²) in [6.45, 7) is 0.327. The Balaban J connectivity index is 1.79. The Kier molecular flexibility index (Phi) is 6.26. The van der Waals surface area contributed by atoms with Gasteiger partial charge in [0.25, 0.3) is 5.69 Å². The summed E-state index contributed by atoms with van der Waals surface area (Å²) in [5.74, 6) is -1.57. The monoisotopic (exact) mass is 356 g/mol. The SMILES string of the molecule is CN(C)c1ccc(CCNC(=O)C(=O)Nc2ccc([N+](=O)[O-])cc2)cc1. The molecule has 0 radical (unpaired) electrons. The predicted molar refractivity (Wildman–Crippen MR) is 99.2 cm³/mol. The lowest BCUT2D eigenvalue weighted by Gasteiger charge is -2.12. The van der Waals surface area contributed by atoms with Crippen LogP contribution < -0.4 is 15.5 Å². The lowest BCUT2D eigenvalue weighted by molar-refractivity contribution is -0.384. The molecule has 8 heteroatoms. The molecule has 26 heavy (non-hydrogen) atoms. The number of nitrogens with zero attached hydrogens (tertiary/aromatic N) is 2. The van der Waals surface area contributed by atoms with Crippen molar-refractivity contribution in [2.24, 2.45) is 0 Å². The van der Waals surface area contributed by atoms with Crippen LogP contribution in [0.15, 0.2) is 48.5 Å². The molecule has 0 unspecified atom stereocenters. The first-order valence-corrected chi connectivity index (χ1v) is 7.96. The minimum atomic E-state index is -0.818. The highest BCUT2D eigenvalue weighted by molar-refractivity contribution is 6.39. The van der Waals surface area contributed by atoms with Gasteiger partial charge in [-0.15, -0.1) is 0 Å². The maximum Gasteiger partial charge on any atom is 0.313 e. The fourth-order valence-corrected chi connectivity index (χ4v) is 2.22. The molecule has 0 saturated heterocycles. The molecule has 0 bridgehead atoms. The van der Waals surface area contributed by atoms with E-state index in [1.54, 1.807) is 0 Å². The van der Waals surface area contributed by atoms with E-state index in [0.717, 1.165) is 11.3 Å². The summed E-state index contributed by atoms with van der Waals surface area (Å²) in [6.07, 6.45) is 0.601. The lowest BCUT2D eigenvalue weighted by Crippen LogP contribution is -2.36. The number of anilines is 2. The van der Waals surface area contributed by atoms with E-state index in [-0.39, 0.29) is 5.69 Å². The van der Waals surface area contributed by atoms with Gasteiger partial charge in [-0.2, -0.15) is 0 Å². The summed E-state index contributed by atoms with van der Waals surface area (Å²) in [4.78, 5) is 35.7. The molecule has 0 aromatic heterocycles. The topological polar surface area (TPSA) is 105 Å². The van der Waals surface area contributed by atoms with Gasteiger partial charge in [0.1, 0.15) is 0 Å². The second-order valence-corrected chi connectivity index (χ2v) is 5.82. The Morgan fingerprint density at radius 3 is 2.15 bits per heavy atom. The van der Waals surface area contributed by atoms with Crippen LogP contribution in [0.25, 0.3) is 0 Å². The molecular weight excluding hydrogens is 336 g/mol. The molecule has 0 fully saturated rings. The smallest absolute Gasteiger partial charge is 0.313 e. The van der Waals surface area contributed by atoms with Gasteiger partial charge in [0, 0.05) is 44.1 Å². The summed E-state index contributed by atoms with van der Waals surface area (Å²) < 4.78 is 0. The van der Waals surface area contributed by atoms with E-state index in [9.17, 15) is 19.7 Å². The molecule has 2 rings (SSSR count). The van der Waals surface area contributed by atoms with Crippen LogP contribution in [0.1, 0.15) is 5.56 Å². The highest BCUT2D eigenvalue weighted by atomic mass is 16.6. The highest BCUT2D eigenvalue weighted by Crippen LogP contribution is 2.15. The number of benzene rings is 2. The average molecular weight is 356 g/mol. The normalized spacial score (nSPS) is 10.1. The lowest BCUT2D eigenvalue weighted by atomic mass is 10.1. The zero-order valence-electron chi connectivity index (χ0n) is 14.6. The molecule has 0 aliphatic rings. The Hall–Kier alpha value is -3.42. The minimum Gasteiger partial charge on any atom is -0.378 e. The second kappa shape index (κ2) is 8.61. The second-order valence-electron chi connectivity index (χ2n) is 5.82. The molecule has 0 spiro atoms. The molecule has 0 heterocycles. The number of hydrogen-bond donors (Lipinski definition) is 2. The number of amides is 2. The Labute approximate surface area is 151 Å². The van der Waals surface area contributed by atoms with Gasteiger partial charge in [0.2, 0.25) is 0 Å². The van der Waals surface area contributed by atoms with Crippen LogP contribution in [0.2, 0.25) is 0 Å². The molecule has 2 amide bonds. The standard InChI is InChI=1S/C18H20N4O4/c1-21(2)15-7-3-13(4-8-15)11-12-19-17(23)18(24)20-14-5-9-16(10-6-14)22(25)26/h3-10H,11-12H2,1-2H3,(H,19,23)(H,20,24). The Bertz CT molecular complexity index is 786. The van der Waals surface area contributed by atoms with E-state index >= 15 is 0 Å². The number of carbonyl (C=O) groups is 2. The van der Waals surface area contributed by atoms with Crippen molar-refractivity contribution in [3.05, 3.63) is 64.2 Å². The van der Waals surface area contributed by atoms with Crippen molar-refractivity contribution in [2.45, 2.75) is 6.42 Å². The predicted octanol–water partition coefficient (Wildman–Crippen LogP) is 1.96. The van der Waals surface area contributed by atoms with E-state index in [1.165, 1.54) is 24.3 Å². The van der Waals surface area contributed by atoms with E-state index in [2.05, 4.69) is 10.6 Å². The molecular formula is C18H20N4O4. The van der Waals surface area contributed by atoms with Gasteiger partial charge in [0.15, 0.2) is 0 Å². The van der Waals surface area contributed by atoms with Crippen LogP contribution in [-0.4, -0.2) is 37.4 Å². The van der Waals surface area contributed by atoms with Gasteiger partial charge in [0.05, 0.1) is 4.92 Å². The van der Waals surface area contributed by atoms with Gasteiger partial charge in [-0.25, -0.2) is 0 Å². The maximum absolute atomic E-state index is 11.8. The van der Waals surface area contributed by atoms with E-state index in [4.69, 9.17) is 0 Å². The molecule has 136 valence electrons. The van der Waals surface area contributed by atoms with Gasteiger partial charge in [-0.1, -0.05) is 12.1 Å². The summed E-state index contributed by atoms with van der Waals surface area (Å²) in [7, 11) is 3.91. The molecule has 0 aliphatic heterocycles. The minimum absolute atomic E-state index is 0.0901. The fraction of sp³-hybridized carbons (Fsp3) is 0.222. The zero-order chi connectivity index (χ0) is 19.1. The van der Waals surface area contributed by atoms with Gasteiger partial charge in [-0.05, 0) is 36.2 Å². The van der Waals surface area contributed by atoms with Crippen molar-refractivity contribution in [3.8, 4) is 0 Å². The molecule has 0 saturated carbocycles. The van der Waals surface area contributed by atoms with Gasteiger partial charge in [-0.3, -0.25) is 19.7 Å². The van der Waals surface area contributed by atoms with Crippen LogP contribution >= 0.6 is 0 Å². The third-order valence-electron chi connectivity index (χ3n) is 3.69. The number of non-ortho nitro benzene ring substituents is 1. The first kappa shape index (κ1) is 18.9. The first-order valence-electron chi connectivity index (χ1n) is 7.96. The number of carbonyl (C=O) groups excluding carboxylic acids is 2. The van der Waals surface area contributed by atoms with Crippen molar-refractivity contribution in [3.63, 3.8) is 0 Å². The summed E-state index contributed by atoms with van der Waals surface area (Å²) >= 11 is 0. The molecule has 0 atom stereocenters. The largest absolute Gasteiger partial charge is 0.378 e. The maximum atomic E-state index is 11.8. The van der Waals surface area contributed by atoms with Gasteiger partial charge < -0.3 is 15.5 Å². The van der Waals surface area contributed by atoms with E-state index in [1.807, 2.05) is 43.3 Å². The number of hydrogen-bond acceptors (Lipinski definition) is 5. The molecule has 2 aromatic carbocycles. The van der Waals surface area contributed by atoms with Crippen LogP contribution in [-0.2, 0) is 16.0 Å². The number of nitrogens with one attached hydrogen (secondary N) is 2. The molecule has 8 nitrogen and oxygen atoms in total. The number of nitro groups is 1. The van der Waals surface area contributed by atoms with Crippen molar-refractivity contribution >= 4 is 28.9 Å². The average Bonchev–Trinajstić information content (AvgIpc) is 2.62. The number of rotatable bonds is 6. The number of nitro benzene ring substituents is 1. The summed E-state index contributed by atoms with van der Waals surface area (Å²) in [6, 6.07) is 13.2. The molecule has 2 N–H and O–H groups in total. The van der Waals surface area contributed by atoms with Crippen molar-refractivity contribution in [2.75, 3.05) is 30.9 Å². The van der Waals surface area contributed by atoms with Crippen LogP contribution in [0.5, 0.6) is 0 Å². The van der Waals surface area contributed by atoms with Crippen LogP contribution in [0.3, 0.4) is 0 Å².